The molecule has 0 atom stereocenters. The fourth-order valence-electron chi connectivity index (χ4n) is 0.976. The molecule has 13 heavy (non-hydrogen) atoms. The molecule has 0 saturated carbocycles. The van der Waals surface area contributed by atoms with Crippen LogP contribution >= 0.6 is 6.89 Å². The normalized spacial score (nSPS) is 11.9. The van der Waals surface area contributed by atoms with Crippen LogP contribution in [-0.4, -0.2) is 25.8 Å². The lowest BCUT2D eigenvalue weighted by atomic mass is 10.2. The van der Waals surface area contributed by atoms with Gasteiger partial charge in [-0.1, -0.05) is 48.3 Å². The predicted molar refractivity (Wildman–Crippen MR) is 66.2 cm³/mol. The average Bonchev–Trinajstić information content (AvgIpc) is 2.04. The Morgan fingerprint density at radius 3 is 2.15 bits per heavy atom. The third-order valence-corrected chi connectivity index (χ3v) is 2.69. The highest BCUT2D eigenvalue weighted by molar-refractivity contribution is 7.73. The Balaban J connectivity index is 2.71. The molecule has 0 unspecified atom stereocenters. The number of hydrogen-bond donors (Lipinski definition) is 0. The molecule has 0 spiro atoms. The summed E-state index contributed by atoms with van der Waals surface area (Å²) >= 11 is 0. The van der Waals surface area contributed by atoms with Gasteiger partial charge < -0.3 is 0 Å². The molecule has 0 saturated heterocycles. The second kappa shape index (κ2) is 4.48. The van der Waals surface area contributed by atoms with Crippen molar-refractivity contribution in [2.24, 2.45) is 0 Å². The van der Waals surface area contributed by atoms with Gasteiger partial charge in [-0.25, -0.2) is 0 Å². The topological polar surface area (TPSA) is 0 Å². The van der Waals surface area contributed by atoms with Crippen molar-refractivity contribution < 1.29 is 0 Å². The van der Waals surface area contributed by atoms with Crippen LogP contribution in [0.3, 0.4) is 0 Å². The van der Waals surface area contributed by atoms with Gasteiger partial charge >= 0.3 is 0 Å². The Morgan fingerprint density at radius 2 is 1.62 bits per heavy atom. The first-order chi connectivity index (χ1) is 6.08. The van der Waals surface area contributed by atoms with E-state index < -0.39 is 6.89 Å². The summed E-state index contributed by atoms with van der Waals surface area (Å²) in [5.41, 5.74) is 1.27. The van der Waals surface area contributed by atoms with Gasteiger partial charge in [-0.2, -0.15) is 0 Å². The van der Waals surface area contributed by atoms with E-state index in [0.717, 1.165) is 0 Å². The first-order valence-corrected chi connectivity index (χ1v) is 7.67. The SMILES string of the molecule is CP(C)(C)=CC=Cc1ccccc1. The Morgan fingerprint density at radius 1 is 1.00 bits per heavy atom. The zero-order valence-electron chi connectivity index (χ0n) is 8.57. The molecular formula is C12H17P. The molecule has 1 heteroatoms. The standard InChI is InChI=1S/C12H17P/c1-13(2,3)11-7-10-12-8-5-4-6-9-12/h4-11H,1-3H3. The molecule has 0 aromatic heterocycles. The van der Waals surface area contributed by atoms with Gasteiger partial charge in [0.1, 0.15) is 0 Å². The second-order valence-corrected chi connectivity index (χ2v) is 8.57. The van der Waals surface area contributed by atoms with Gasteiger partial charge in [0.15, 0.2) is 0 Å². The van der Waals surface area contributed by atoms with E-state index in [-0.39, 0.29) is 0 Å². The predicted octanol–water partition coefficient (Wildman–Crippen LogP) is 3.41. The van der Waals surface area contributed by atoms with Crippen LogP contribution in [0.25, 0.3) is 6.08 Å². The van der Waals surface area contributed by atoms with Crippen LogP contribution in [0.4, 0.5) is 0 Å². The van der Waals surface area contributed by atoms with Crippen molar-refractivity contribution in [3.8, 4) is 0 Å². The average molecular weight is 192 g/mol. The maximum atomic E-state index is 2.32. The van der Waals surface area contributed by atoms with Crippen molar-refractivity contribution in [3.63, 3.8) is 0 Å². The Labute approximate surface area is 81.3 Å². The maximum absolute atomic E-state index is 2.32. The summed E-state index contributed by atoms with van der Waals surface area (Å²) in [6, 6.07) is 10.4. The monoisotopic (exact) mass is 192 g/mol. The summed E-state index contributed by atoms with van der Waals surface area (Å²) in [5.74, 6) is 2.32. The minimum absolute atomic E-state index is 0.764. The highest BCUT2D eigenvalue weighted by Gasteiger charge is 1.88. The molecule has 1 aromatic carbocycles. The van der Waals surface area contributed by atoms with Crippen molar-refractivity contribution in [1.29, 1.82) is 0 Å². The lowest BCUT2D eigenvalue weighted by Gasteiger charge is -2.02. The summed E-state index contributed by atoms with van der Waals surface area (Å²) < 4.78 is 0. The highest BCUT2D eigenvalue weighted by atomic mass is 31.2. The van der Waals surface area contributed by atoms with Gasteiger partial charge in [0.2, 0.25) is 0 Å². The first kappa shape index (κ1) is 10.3. The lowest BCUT2D eigenvalue weighted by Crippen LogP contribution is -1.75. The van der Waals surface area contributed by atoms with Gasteiger partial charge in [-0.05, 0) is 25.6 Å². The first-order valence-electron chi connectivity index (χ1n) is 4.47. The molecule has 0 amide bonds. The van der Waals surface area contributed by atoms with E-state index in [1.54, 1.807) is 0 Å². The number of allylic oxidation sites excluding steroid dienone is 1. The van der Waals surface area contributed by atoms with Gasteiger partial charge in [-0.15, -0.1) is 6.89 Å². The molecule has 0 aliphatic carbocycles. The minimum atomic E-state index is -0.764. The highest BCUT2D eigenvalue weighted by Crippen LogP contribution is 2.31. The minimum Gasteiger partial charge on any atom is -0.114 e. The zero-order chi connectivity index (χ0) is 9.73. The van der Waals surface area contributed by atoms with Crippen LogP contribution in [0.1, 0.15) is 5.56 Å². The summed E-state index contributed by atoms with van der Waals surface area (Å²) in [5, 5.41) is 0. The van der Waals surface area contributed by atoms with Crippen molar-refractivity contribution in [3.05, 3.63) is 42.0 Å². The number of hydrogen-bond acceptors (Lipinski definition) is 0. The second-order valence-electron chi connectivity index (χ2n) is 4.04. The maximum Gasteiger partial charge on any atom is -0.0257 e. The van der Waals surface area contributed by atoms with Crippen molar-refractivity contribution in [1.82, 2.24) is 0 Å². The third-order valence-electron chi connectivity index (χ3n) is 1.62. The Hall–Kier alpha value is -0.740. The summed E-state index contributed by atoms with van der Waals surface area (Å²) in [6.07, 6.45) is 4.33. The smallest absolute Gasteiger partial charge is 0.0257 e. The molecule has 70 valence electrons. The molecule has 0 N–H and O–H groups in total. The van der Waals surface area contributed by atoms with Gasteiger partial charge in [0, 0.05) is 0 Å². The van der Waals surface area contributed by atoms with Crippen molar-refractivity contribution in [2.75, 3.05) is 20.0 Å². The molecule has 0 heterocycles. The van der Waals surface area contributed by atoms with Gasteiger partial charge in [0.05, 0.1) is 0 Å². The van der Waals surface area contributed by atoms with Crippen LogP contribution in [0.2, 0.25) is 0 Å². The molecule has 1 rings (SSSR count). The van der Waals surface area contributed by atoms with E-state index in [1.807, 2.05) is 6.07 Å². The molecular weight excluding hydrogens is 175 g/mol. The van der Waals surface area contributed by atoms with Gasteiger partial charge in [0.25, 0.3) is 0 Å². The quantitative estimate of drug-likeness (QED) is 0.630. The molecule has 0 nitrogen and oxygen atoms in total. The summed E-state index contributed by atoms with van der Waals surface area (Å²) in [7, 11) is 0. The fraction of sp³-hybridized carbons (Fsp3) is 0.250. The van der Waals surface area contributed by atoms with E-state index in [2.05, 4.69) is 62.2 Å². The zero-order valence-corrected chi connectivity index (χ0v) is 9.46. The van der Waals surface area contributed by atoms with E-state index in [4.69, 9.17) is 0 Å². The Bertz CT molecular complexity index is 319. The fourth-order valence-corrected chi connectivity index (χ4v) is 1.58. The number of benzene rings is 1. The third kappa shape index (κ3) is 4.75. The van der Waals surface area contributed by atoms with Crippen LogP contribution < -0.4 is 0 Å². The number of rotatable bonds is 2. The lowest BCUT2D eigenvalue weighted by molar-refractivity contribution is 1.66. The Kier molecular flexibility index (Phi) is 3.57. The molecule has 1 aromatic rings. The molecule has 0 fully saturated rings. The van der Waals surface area contributed by atoms with E-state index in [0.29, 0.717) is 0 Å². The van der Waals surface area contributed by atoms with Gasteiger partial charge in [-0.3, -0.25) is 0 Å². The van der Waals surface area contributed by atoms with E-state index in [1.165, 1.54) is 5.56 Å². The van der Waals surface area contributed by atoms with Crippen molar-refractivity contribution >= 4 is 18.8 Å². The van der Waals surface area contributed by atoms with Crippen LogP contribution in [0.5, 0.6) is 0 Å². The molecule has 0 aliphatic heterocycles. The summed E-state index contributed by atoms with van der Waals surface area (Å²) in [4.78, 5) is 0. The van der Waals surface area contributed by atoms with E-state index >= 15 is 0 Å². The largest absolute Gasteiger partial charge is 0.114 e. The molecule has 0 bridgehead atoms. The molecule has 0 aliphatic rings. The summed E-state index contributed by atoms with van der Waals surface area (Å²) in [6.45, 7) is 6.16. The van der Waals surface area contributed by atoms with Crippen LogP contribution in [-0.2, 0) is 0 Å². The van der Waals surface area contributed by atoms with Crippen LogP contribution in [0.15, 0.2) is 36.4 Å². The van der Waals surface area contributed by atoms with Crippen LogP contribution in [0, 0.1) is 0 Å². The molecule has 0 radical (unpaired) electrons. The van der Waals surface area contributed by atoms with Crippen molar-refractivity contribution in [2.45, 2.75) is 0 Å². The van der Waals surface area contributed by atoms with E-state index in [9.17, 15) is 0 Å².